The topological polar surface area (TPSA) is 64.3 Å². The Kier molecular flexibility index (Phi) is 6.39. The van der Waals surface area contributed by atoms with Gasteiger partial charge in [-0.15, -0.1) is 0 Å². The molecule has 1 aromatic carbocycles. The first-order chi connectivity index (χ1) is 13.8. The smallest absolute Gasteiger partial charge is 0.253 e. The highest BCUT2D eigenvalue weighted by Gasteiger charge is 2.17. The lowest BCUT2D eigenvalue weighted by Crippen LogP contribution is -2.23. The molecule has 0 atom stereocenters. The van der Waals surface area contributed by atoms with Crippen LogP contribution in [0.1, 0.15) is 27.3 Å². The molecule has 29 heavy (non-hydrogen) atoms. The Labute approximate surface area is 171 Å². The molecule has 0 aliphatic rings. The molecule has 0 spiro atoms. The van der Waals surface area contributed by atoms with Crippen LogP contribution in [-0.2, 0) is 13.6 Å². The lowest BCUT2D eigenvalue weighted by atomic mass is 10.2. The summed E-state index contributed by atoms with van der Waals surface area (Å²) in [6.07, 6.45) is 1.89. The van der Waals surface area contributed by atoms with E-state index in [4.69, 9.17) is 4.74 Å². The fourth-order valence-corrected chi connectivity index (χ4v) is 3.24. The minimum Gasteiger partial charge on any atom is -0.492 e. The molecular weight excluding hydrogens is 366 g/mol. The summed E-state index contributed by atoms with van der Waals surface area (Å²) >= 11 is 0. The predicted molar refractivity (Wildman–Crippen MR) is 114 cm³/mol. The van der Waals surface area contributed by atoms with Gasteiger partial charge in [0, 0.05) is 43.8 Å². The molecule has 0 radical (unpaired) electrons. The van der Waals surface area contributed by atoms with E-state index in [0.29, 0.717) is 18.7 Å². The number of carbonyl (C=O) groups is 1. The van der Waals surface area contributed by atoms with Gasteiger partial charge in [-0.3, -0.25) is 9.48 Å². The highest BCUT2D eigenvalue weighted by molar-refractivity contribution is 5.95. The van der Waals surface area contributed by atoms with Crippen LogP contribution in [0.15, 0.2) is 42.6 Å². The molecular formula is C22H29N5O2. The minimum absolute atomic E-state index is 0.0980. The van der Waals surface area contributed by atoms with E-state index in [-0.39, 0.29) is 5.91 Å². The van der Waals surface area contributed by atoms with Gasteiger partial charge in [0.05, 0.1) is 5.56 Å². The number of carbonyl (C=O) groups excluding carboxylic acids is 1. The monoisotopic (exact) mass is 395 g/mol. The van der Waals surface area contributed by atoms with Crippen molar-refractivity contribution in [3.63, 3.8) is 0 Å². The Morgan fingerprint density at radius 1 is 1.21 bits per heavy atom. The van der Waals surface area contributed by atoms with Crippen LogP contribution >= 0.6 is 0 Å². The third-order valence-corrected chi connectivity index (χ3v) is 4.76. The number of rotatable bonds is 8. The largest absolute Gasteiger partial charge is 0.492 e. The molecule has 0 saturated carbocycles. The van der Waals surface area contributed by atoms with Gasteiger partial charge in [0.15, 0.2) is 5.82 Å². The number of benzene rings is 1. The lowest BCUT2D eigenvalue weighted by molar-refractivity contribution is 0.0950. The quantitative estimate of drug-likeness (QED) is 0.637. The second-order valence-corrected chi connectivity index (χ2v) is 7.45. The lowest BCUT2D eigenvalue weighted by Gasteiger charge is -2.12. The van der Waals surface area contributed by atoms with Crippen LogP contribution in [0.2, 0.25) is 0 Å². The molecule has 3 aromatic rings. The van der Waals surface area contributed by atoms with Gasteiger partial charge in [-0.25, -0.2) is 0 Å². The van der Waals surface area contributed by atoms with Crippen LogP contribution < -0.4 is 10.1 Å². The van der Waals surface area contributed by atoms with Crippen molar-refractivity contribution in [2.75, 3.05) is 27.2 Å². The number of aryl methyl sites for hydroxylation is 2. The van der Waals surface area contributed by atoms with E-state index < -0.39 is 0 Å². The summed E-state index contributed by atoms with van der Waals surface area (Å²) < 4.78 is 9.52. The number of nitrogens with zero attached hydrogens (tertiary/aromatic N) is 4. The number of amides is 1. The number of hydrogen-bond donors (Lipinski definition) is 1. The van der Waals surface area contributed by atoms with Gasteiger partial charge >= 0.3 is 0 Å². The molecule has 7 heteroatoms. The summed E-state index contributed by atoms with van der Waals surface area (Å²) in [6, 6.07) is 11.7. The van der Waals surface area contributed by atoms with Crippen LogP contribution in [-0.4, -0.2) is 52.4 Å². The number of likely N-dealkylation sites (N-methyl/N-ethyl adjacent to an activating group) is 1. The van der Waals surface area contributed by atoms with Gasteiger partial charge in [-0.2, -0.15) is 5.10 Å². The van der Waals surface area contributed by atoms with Gasteiger partial charge in [0.25, 0.3) is 5.91 Å². The molecule has 0 fully saturated rings. The Morgan fingerprint density at radius 2 is 2.00 bits per heavy atom. The van der Waals surface area contributed by atoms with Gasteiger partial charge in [-0.1, -0.05) is 12.1 Å². The molecule has 1 amide bonds. The van der Waals surface area contributed by atoms with E-state index in [2.05, 4.69) is 15.3 Å². The van der Waals surface area contributed by atoms with E-state index in [1.54, 1.807) is 4.68 Å². The van der Waals surface area contributed by atoms with Crippen molar-refractivity contribution in [2.24, 2.45) is 7.05 Å². The van der Waals surface area contributed by atoms with Crippen molar-refractivity contribution in [3.8, 4) is 11.6 Å². The minimum atomic E-state index is -0.0980. The van der Waals surface area contributed by atoms with E-state index in [1.807, 2.05) is 82.2 Å². The van der Waals surface area contributed by atoms with Crippen LogP contribution in [0.25, 0.3) is 5.82 Å². The van der Waals surface area contributed by atoms with Crippen LogP contribution in [0.5, 0.6) is 5.75 Å². The van der Waals surface area contributed by atoms with Crippen LogP contribution in [0, 0.1) is 13.8 Å². The molecule has 0 bridgehead atoms. The van der Waals surface area contributed by atoms with Crippen molar-refractivity contribution in [2.45, 2.75) is 20.4 Å². The molecule has 2 heterocycles. The molecule has 3 rings (SSSR count). The maximum atomic E-state index is 12.8. The summed E-state index contributed by atoms with van der Waals surface area (Å²) in [7, 11) is 5.91. The number of aromatic nitrogens is 3. The van der Waals surface area contributed by atoms with Gasteiger partial charge < -0.3 is 19.5 Å². The predicted octanol–water partition coefficient (Wildman–Crippen LogP) is 2.70. The van der Waals surface area contributed by atoms with E-state index in [1.165, 1.54) is 0 Å². The number of ether oxygens (including phenoxy) is 1. The summed E-state index contributed by atoms with van der Waals surface area (Å²) in [4.78, 5) is 14.9. The molecule has 0 aliphatic carbocycles. The van der Waals surface area contributed by atoms with Crippen molar-refractivity contribution >= 4 is 5.91 Å². The maximum absolute atomic E-state index is 12.8. The summed E-state index contributed by atoms with van der Waals surface area (Å²) in [6.45, 7) is 5.84. The normalized spacial score (nSPS) is 11.1. The molecule has 1 N–H and O–H groups in total. The molecule has 0 saturated heterocycles. The summed E-state index contributed by atoms with van der Waals surface area (Å²) in [5.41, 5.74) is 3.51. The van der Waals surface area contributed by atoms with Crippen molar-refractivity contribution in [3.05, 3.63) is 65.1 Å². The zero-order valence-corrected chi connectivity index (χ0v) is 17.8. The van der Waals surface area contributed by atoms with Crippen molar-refractivity contribution < 1.29 is 9.53 Å². The highest BCUT2D eigenvalue weighted by Crippen LogP contribution is 2.20. The first-order valence-corrected chi connectivity index (χ1v) is 9.69. The van der Waals surface area contributed by atoms with Crippen LogP contribution in [0.4, 0.5) is 0 Å². The zero-order valence-electron chi connectivity index (χ0n) is 17.8. The van der Waals surface area contributed by atoms with Crippen molar-refractivity contribution in [1.82, 2.24) is 24.6 Å². The van der Waals surface area contributed by atoms with E-state index >= 15 is 0 Å². The van der Waals surface area contributed by atoms with E-state index in [9.17, 15) is 4.79 Å². The summed E-state index contributed by atoms with van der Waals surface area (Å²) in [5.74, 6) is 1.52. The molecule has 2 aromatic heterocycles. The zero-order chi connectivity index (χ0) is 21.0. The first-order valence-electron chi connectivity index (χ1n) is 9.69. The Bertz CT molecular complexity index is 987. The highest BCUT2D eigenvalue weighted by atomic mass is 16.5. The second kappa shape index (κ2) is 8.96. The van der Waals surface area contributed by atoms with Gasteiger partial charge in [0.2, 0.25) is 0 Å². The van der Waals surface area contributed by atoms with Crippen LogP contribution in [0.3, 0.4) is 0 Å². The molecule has 7 nitrogen and oxygen atoms in total. The number of hydrogen-bond acceptors (Lipinski definition) is 4. The maximum Gasteiger partial charge on any atom is 0.253 e. The fourth-order valence-electron chi connectivity index (χ4n) is 3.24. The first kappa shape index (κ1) is 20.7. The molecule has 0 unspecified atom stereocenters. The number of nitrogens with one attached hydrogen (secondary N) is 1. The third kappa shape index (κ3) is 5.06. The average Bonchev–Trinajstić information content (AvgIpc) is 3.22. The van der Waals surface area contributed by atoms with Crippen molar-refractivity contribution in [1.29, 1.82) is 0 Å². The summed E-state index contributed by atoms with van der Waals surface area (Å²) in [5, 5.41) is 7.46. The molecule has 0 aliphatic heterocycles. The third-order valence-electron chi connectivity index (χ3n) is 4.76. The van der Waals surface area contributed by atoms with Gasteiger partial charge in [0.1, 0.15) is 12.4 Å². The Hall–Kier alpha value is -3.06. The Balaban J connectivity index is 1.66. The SMILES string of the molecule is Cc1cc(C(=O)NCc2cccc(OCCN(C)C)c2)c(C)n1-c1ccn(C)n1. The molecule has 154 valence electrons. The standard InChI is InChI=1S/C22H29N5O2/c1-16-13-20(17(2)27(16)21-9-10-26(5)24-21)22(28)23-15-18-7-6-8-19(14-18)29-12-11-25(3)4/h6-10,13-14H,11-12,15H2,1-5H3,(H,23,28). The fraction of sp³-hybridized carbons (Fsp3) is 0.364. The Morgan fingerprint density at radius 3 is 2.69 bits per heavy atom. The average molecular weight is 396 g/mol. The van der Waals surface area contributed by atoms with Gasteiger partial charge in [-0.05, 0) is 51.7 Å². The second-order valence-electron chi connectivity index (χ2n) is 7.45. The van der Waals surface area contributed by atoms with E-state index in [0.717, 1.165) is 35.1 Å².